The van der Waals surface area contributed by atoms with Gasteiger partial charge in [-0.25, -0.2) is 9.48 Å². The number of rotatable bonds is 8. The van der Waals surface area contributed by atoms with Gasteiger partial charge in [0, 0.05) is 42.2 Å². The SMILES string of the molecule is CC[C@H]1OC(=O)[C@H](C)C(=O)[C@H](C)[C@@H](O[C@@H]2OC(C)CC(N(C)C)C2O)[C@](C)(OC)C[C@@H](C)C(=O)[C@H](C)[C@H]2N(CC#CCn3cc(-c4cccc(N)c4)nn3)C(=O)O[C@]12C. The van der Waals surface area contributed by atoms with Crippen LogP contribution >= 0.6 is 0 Å². The number of hydrogen-bond acceptors (Lipinski definition) is 14. The second kappa shape index (κ2) is 18.5. The van der Waals surface area contributed by atoms with E-state index in [-0.39, 0.29) is 43.9 Å². The van der Waals surface area contributed by atoms with Gasteiger partial charge >= 0.3 is 12.1 Å². The highest BCUT2D eigenvalue weighted by Gasteiger charge is 2.60. The van der Waals surface area contributed by atoms with E-state index in [1.54, 1.807) is 64.6 Å². The number of ether oxygens (including phenoxy) is 5. The highest BCUT2D eigenvalue weighted by Crippen LogP contribution is 2.43. The fourth-order valence-corrected chi connectivity index (χ4v) is 9.13. The molecule has 3 saturated heterocycles. The smallest absolute Gasteiger partial charge is 0.411 e. The number of aliphatic hydroxyl groups excluding tert-OH is 1. The maximum atomic E-state index is 14.7. The summed E-state index contributed by atoms with van der Waals surface area (Å²) in [5.74, 6) is 0.812. The fraction of sp³-hybridized carbons (Fsp3) is 0.674. The van der Waals surface area contributed by atoms with E-state index in [0.717, 1.165) is 5.56 Å². The lowest BCUT2D eigenvalue weighted by Gasteiger charge is -2.47. The number of fused-ring (bicyclic) bond motifs is 1. The van der Waals surface area contributed by atoms with Crippen molar-refractivity contribution in [2.75, 3.05) is 33.5 Å². The Bertz CT molecular complexity index is 1910. The van der Waals surface area contributed by atoms with Gasteiger partial charge in [-0.15, -0.1) is 5.10 Å². The van der Waals surface area contributed by atoms with Crippen molar-refractivity contribution in [1.82, 2.24) is 24.8 Å². The standard InChI is InChI=1S/C43H62N6O10/c1-12-33-43(8)37(49(41(54)59-43)19-14-13-18-48-23-31(45-46-48)29-16-15-17-30(44)21-29)26(4)34(50)24(2)22-42(7,55-11)38(27(5)35(51)28(6)39(53)57-33)58-40-36(52)32(47(9)10)20-25(3)56-40/h15-17,21,23-28,32-33,36-38,40,52H,12,18-20,22,44H2,1-11H3/t24-,25?,26+,27+,28-,32?,33-,36?,37-,38-,40+,42-,43-/m1/s1. The lowest BCUT2D eigenvalue weighted by Crippen LogP contribution is -2.60. The van der Waals surface area contributed by atoms with E-state index in [1.807, 2.05) is 38.1 Å². The van der Waals surface area contributed by atoms with Crippen molar-refractivity contribution >= 4 is 29.3 Å². The number of methoxy groups -OCH3 is 1. The van der Waals surface area contributed by atoms with Crippen molar-refractivity contribution in [2.45, 2.75) is 135 Å². The number of hydrogen-bond donors (Lipinski definition) is 2. The van der Waals surface area contributed by atoms with Gasteiger partial charge in [-0.3, -0.25) is 19.3 Å². The Balaban J connectivity index is 1.47. The molecule has 5 rings (SSSR count). The number of nitrogen functional groups attached to an aromatic ring is 1. The van der Waals surface area contributed by atoms with Crippen LogP contribution < -0.4 is 5.73 Å². The molecule has 3 N–H and O–H groups in total. The molecule has 3 aliphatic rings. The van der Waals surface area contributed by atoms with Gasteiger partial charge in [-0.2, -0.15) is 0 Å². The molecule has 0 spiro atoms. The van der Waals surface area contributed by atoms with Crippen molar-refractivity contribution in [3.63, 3.8) is 0 Å². The number of benzene rings is 1. The number of cyclic esters (lactones) is 1. The Kier molecular flexibility index (Phi) is 14.3. The molecule has 324 valence electrons. The van der Waals surface area contributed by atoms with Gasteiger partial charge in [0.2, 0.25) is 0 Å². The molecule has 3 aliphatic heterocycles. The predicted octanol–water partition coefficient (Wildman–Crippen LogP) is 3.73. The number of carbonyl (C=O) groups is 4. The highest BCUT2D eigenvalue weighted by molar-refractivity contribution is 6.00. The van der Waals surface area contributed by atoms with E-state index >= 15 is 0 Å². The van der Waals surface area contributed by atoms with Crippen molar-refractivity contribution in [1.29, 1.82) is 0 Å². The average molecular weight is 823 g/mol. The molecule has 13 atom stereocenters. The molecule has 1 aromatic carbocycles. The summed E-state index contributed by atoms with van der Waals surface area (Å²) < 4.78 is 32.6. The molecule has 1 amide bonds. The molecule has 1 aromatic heterocycles. The summed E-state index contributed by atoms with van der Waals surface area (Å²) >= 11 is 0. The van der Waals surface area contributed by atoms with Crippen molar-refractivity contribution in [3.05, 3.63) is 30.5 Å². The maximum Gasteiger partial charge on any atom is 0.411 e. The number of ketones is 2. The molecule has 4 heterocycles. The van der Waals surface area contributed by atoms with Crippen molar-refractivity contribution < 1.29 is 48.0 Å². The normalized spacial score (nSPS) is 36.0. The van der Waals surface area contributed by atoms with Crippen LogP contribution in [0.5, 0.6) is 0 Å². The third-order valence-electron chi connectivity index (χ3n) is 12.5. The Morgan fingerprint density at radius 3 is 2.37 bits per heavy atom. The quantitative estimate of drug-likeness (QED) is 0.169. The van der Waals surface area contributed by atoms with Crippen LogP contribution in [-0.4, -0.2) is 135 Å². The molecule has 0 bridgehead atoms. The first-order chi connectivity index (χ1) is 27.8. The lowest BCUT2D eigenvalue weighted by molar-refractivity contribution is -0.295. The third kappa shape index (κ3) is 9.49. The van der Waals surface area contributed by atoms with Gasteiger partial charge in [-0.05, 0) is 73.2 Å². The molecule has 0 aliphatic carbocycles. The minimum Gasteiger partial charge on any atom is -0.458 e. The molecule has 0 radical (unpaired) electrons. The zero-order chi connectivity index (χ0) is 43.6. The number of nitrogens with zero attached hydrogens (tertiary/aromatic N) is 5. The first-order valence-electron chi connectivity index (χ1n) is 20.5. The Labute approximate surface area is 347 Å². The Morgan fingerprint density at radius 1 is 1.03 bits per heavy atom. The topological polar surface area (TPSA) is 198 Å². The van der Waals surface area contributed by atoms with E-state index in [9.17, 15) is 24.3 Å². The minimum atomic E-state index is -1.49. The predicted molar refractivity (Wildman–Crippen MR) is 217 cm³/mol. The number of aliphatic hydroxyl groups is 1. The zero-order valence-corrected chi connectivity index (χ0v) is 36.2. The fourth-order valence-electron chi connectivity index (χ4n) is 9.13. The summed E-state index contributed by atoms with van der Waals surface area (Å²) in [5, 5.41) is 19.8. The lowest BCUT2D eigenvalue weighted by atomic mass is 9.73. The molecular weight excluding hydrogens is 761 g/mol. The molecule has 59 heavy (non-hydrogen) atoms. The summed E-state index contributed by atoms with van der Waals surface area (Å²) in [6.07, 6.45) is -2.68. The van der Waals surface area contributed by atoms with Crippen molar-refractivity contribution in [3.8, 4) is 23.1 Å². The number of carbonyl (C=O) groups excluding carboxylic acids is 4. The summed E-state index contributed by atoms with van der Waals surface area (Å²) in [6.45, 7) is 13.8. The van der Waals surface area contributed by atoms with Gasteiger partial charge in [0.15, 0.2) is 17.7 Å². The first-order valence-corrected chi connectivity index (χ1v) is 20.5. The number of amides is 1. The maximum absolute atomic E-state index is 14.7. The second-order valence-corrected chi connectivity index (χ2v) is 17.1. The number of anilines is 1. The van der Waals surface area contributed by atoms with Crippen LogP contribution in [0.2, 0.25) is 0 Å². The molecule has 0 saturated carbocycles. The Hall–Kier alpha value is -4.40. The van der Waals surface area contributed by atoms with E-state index in [0.29, 0.717) is 17.8 Å². The van der Waals surface area contributed by atoms with Crippen molar-refractivity contribution in [2.24, 2.45) is 23.7 Å². The number of likely N-dealkylation sites (N-methyl/N-ethyl adjacent to an activating group) is 1. The van der Waals surface area contributed by atoms with E-state index in [1.165, 1.54) is 18.9 Å². The summed E-state index contributed by atoms with van der Waals surface area (Å²) in [5.41, 5.74) is 5.18. The summed E-state index contributed by atoms with van der Waals surface area (Å²) in [4.78, 5) is 60.0. The Morgan fingerprint density at radius 2 is 1.73 bits per heavy atom. The zero-order valence-electron chi connectivity index (χ0n) is 36.2. The van der Waals surface area contributed by atoms with Crippen LogP contribution in [0.15, 0.2) is 30.5 Å². The largest absolute Gasteiger partial charge is 0.458 e. The molecule has 2 aromatic rings. The van der Waals surface area contributed by atoms with E-state index in [2.05, 4.69) is 22.2 Å². The van der Waals surface area contributed by atoms with Crippen LogP contribution in [0.3, 0.4) is 0 Å². The van der Waals surface area contributed by atoms with Gasteiger partial charge in [0.1, 0.15) is 36.1 Å². The summed E-state index contributed by atoms with van der Waals surface area (Å²) in [7, 11) is 5.20. The number of aromatic nitrogens is 3. The molecule has 3 unspecified atom stereocenters. The van der Waals surface area contributed by atoms with E-state index < -0.39 is 83.4 Å². The number of Topliss-reactive ketones (excluding diaryl/α,β-unsaturated/α-hetero) is 2. The van der Waals surface area contributed by atoms with Crippen LogP contribution in [0.25, 0.3) is 11.3 Å². The third-order valence-corrected chi connectivity index (χ3v) is 12.5. The number of nitrogens with two attached hydrogens (primary N) is 1. The van der Waals surface area contributed by atoms with Gasteiger partial charge in [0.25, 0.3) is 0 Å². The molecular formula is C43H62N6O10. The van der Waals surface area contributed by atoms with Gasteiger partial charge < -0.3 is 39.4 Å². The average Bonchev–Trinajstić information content (AvgIpc) is 3.77. The number of esters is 1. The molecule has 3 fully saturated rings. The monoisotopic (exact) mass is 822 g/mol. The van der Waals surface area contributed by atoms with Gasteiger partial charge in [0.05, 0.1) is 36.6 Å². The molecule has 16 nitrogen and oxygen atoms in total. The molecule has 16 heteroatoms. The van der Waals surface area contributed by atoms with Crippen LogP contribution in [0.1, 0.15) is 74.7 Å². The second-order valence-electron chi connectivity index (χ2n) is 17.1. The van der Waals surface area contributed by atoms with Crippen LogP contribution in [0, 0.1) is 35.5 Å². The van der Waals surface area contributed by atoms with Gasteiger partial charge in [-0.1, -0.05) is 56.9 Å². The van der Waals surface area contributed by atoms with E-state index in [4.69, 9.17) is 29.4 Å². The first kappa shape index (κ1) is 45.7. The van der Waals surface area contributed by atoms with Crippen LogP contribution in [-0.2, 0) is 44.6 Å². The minimum absolute atomic E-state index is 0.0913. The highest BCUT2D eigenvalue weighted by atomic mass is 16.7. The van der Waals surface area contributed by atoms with Crippen LogP contribution in [0.4, 0.5) is 10.5 Å². The summed E-state index contributed by atoms with van der Waals surface area (Å²) in [6, 6.07) is 6.08.